The van der Waals surface area contributed by atoms with Crippen molar-refractivity contribution in [3.8, 4) is 0 Å². The maximum Gasteiger partial charge on any atom is 0.0363 e. The van der Waals surface area contributed by atoms with Gasteiger partial charge in [-0.2, -0.15) is 0 Å². The van der Waals surface area contributed by atoms with Crippen LogP contribution in [-0.4, -0.2) is 33.7 Å². The lowest BCUT2D eigenvalue weighted by Gasteiger charge is -2.26. The summed E-state index contributed by atoms with van der Waals surface area (Å²) in [5.41, 5.74) is 1.32. The lowest BCUT2D eigenvalue weighted by molar-refractivity contribution is 0.291. The molecule has 82 valence electrons. The molecule has 0 bridgehead atoms. The molecule has 0 saturated carbocycles. The Kier molecular flexibility index (Phi) is 3.94. The number of hydrogen-bond acceptors (Lipinski definition) is 2. The Morgan fingerprint density at radius 3 is 2.40 bits per heavy atom. The van der Waals surface area contributed by atoms with E-state index in [1.165, 1.54) is 5.56 Å². The minimum atomic E-state index is -0.572. The molecule has 0 unspecified atom stereocenters. The summed E-state index contributed by atoms with van der Waals surface area (Å²) < 4.78 is 12.3. The van der Waals surface area contributed by atoms with Crippen LogP contribution in [0.15, 0.2) is 28.7 Å². The largest absolute Gasteiger partial charge is 0.297 e. The van der Waals surface area contributed by atoms with Crippen molar-refractivity contribution in [3.05, 3.63) is 34.3 Å². The van der Waals surface area contributed by atoms with Gasteiger partial charge in [0, 0.05) is 46.4 Å². The third-order valence-corrected chi connectivity index (χ3v) is 4.39. The zero-order valence-electron chi connectivity index (χ0n) is 8.49. The van der Waals surface area contributed by atoms with Crippen LogP contribution in [0.5, 0.6) is 0 Å². The SMILES string of the molecule is O=S1CCN(Cc2ccc(Br)cc2)CC1. The second-order valence-corrected chi connectivity index (χ2v) is 6.36. The van der Waals surface area contributed by atoms with Gasteiger partial charge in [0.05, 0.1) is 0 Å². The van der Waals surface area contributed by atoms with E-state index in [-0.39, 0.29) is 0 Å². The molecular weight excluding hydrogens is 274 g/mol. The maximum atomic E-state index is 11.2. The predicted molar refractivity (Wildman–Crippen MR) is 67.3 cm³/mol. The van der Waals surface area contributed by atoms with Crippen LogP contribution in [0.4, 0.5) is 0 Å². The Balaban J connectivity index is 1.91. The highest BCUT2D eigenvalue weighted by atomic mass is 79.9. The van der Waals surface area contributed by atoms with Crippen molar-refractivity contribution in [2.45, 2.75) is 6.54 Å². The Morgan fingerprint density at radius 1 is 1.20 bits per heavy atom. The molecular formula is C11H14BrNOS. The summed E-state index contributed by atoms with van der Waals surface area (Å²) in [4.78, 5) is 2.37. The highest BCUT2D eigenvalue weighted by molar-refractivity contribution is 9.10. The molecule has 1 aromatic rings. The molecule has 0 aromatic heterocycles. The van der Waals surface area contributed by atoms with Gasteiger partial charge in [0.1, 0.15) is 0 Å². The fourth-order valence-electron chi connectivity index (χ4n) is 1.68. The van der Waals surface area contributed by atoms with Crippen LogP contribution in [0.2, 0.25) is 0 Å². The van der Waals surface area contributed by atoms with Gasteiger partial charge in [0.2, 0.25) is 0 Å². The second-order valence-electron chi connectivity index (χ2n) is 3.75. The van der Waals surface area contributed by atoms with Crippen molar-refractivity contribution < 1.29 is 4.21 Å². The highest BCUT2D eigenvalue weighted by Gasteiger charge is 2.14. The van der Waals surface area contributed by atoms with E-state index < -0.39 is 10.8 Å². The molecule has 15 heavy (non-hydrogen) atoms. The molecule has 0 aliphatic carbocycles. The summed E-state index contributed by atoms with van der Waals surface area (Å²) in [7, 11) is -0.572. The summed E-state index contributed by atoms with van der Waals surface area (Å²) in [6.45, 7) is 2.90. The van der Waals surface area contributed by atoms with E-state index in [9.17, 15) is 4.21 Å². The molecule has 1 aliphatic rings. The third-order valence-electron chi connectivity index (χ3n) is 2.59. The van der Waals surface area contributed by atoms with Gasteiger partial charge in [0.25, 0.3) is 0 Å². The Morgan fingerprint density at radius 2 is 1.80 bits per heavy atom. The molecule has 1 aliphatic heterocycles. The van der Waals surface area contributed by atoms with Crippen molar-refractivity contribution in [1.82, 2.24) is 4.90 Å². The third kappa shape index (κ3) is 3.40. The molecule has 0 amide bonds. The Bertz CT molecular complexity index is 342. The van der Waals surface area contributed by atoms with Crippen LogP contribution in [0.25, 0.3) is 0 Å². The fraction of sp³-hybridized carbons (Fsp3) is 0.455. The van der Waals surface area contributed by atoms with Gasteiger partial charge < -0.3 is 0 Å². The van der Waals surface area contributed by atoms with Gasteiger partial charge >= 0.3 is 0 Å². The summed E-state index contributed by atoms with van der Waals surface area (Å²) in [5.74, 6) is 1.66. The average molecular weight is 288 g/mol. The van der Waals surface area contributed by atoms with E-state index in [0.717, 1.165) is 35.6 Å². The summed E-state index contributed by atoms with van der Waals surface area (Å²) >= 11 is 3.42. The van der Waals surface area contributed by atoms with Gasteiger partial charge in [-0.15, -0.1) is 0 Å². The number of halogens is 1. The van der Waals surface area contributed by atoms with Crippen LogP contribution in [0.1, 0.15) is 5.56 Å². The number of nitrogens with zero attached hydrogens (tertiary/aromatic N) is 1. The Hall–Kier alpha value is -0.190. The molecule has 0 N–H and O–H groups in total. The highest BCUT2D eigenvalue weighted by Crippen LogP contribution is 2.13. The molecule has 1 aromatic carbocycles. The number of benzene rings is 1. The summed E-state index contributed by atoms with van der Waals surface area (Å²) in [5, 5.41) is 0. The van der Waals surface area contributed by atoms with Crippen molar-refractivity contribution in [2.24, 2.45) is 0 Å². The minimum Gasteiger partial charge on any atom is -0.297 e. The Labute approximate surface area is 101 Å². The van der Waals surface area contributed by atoms with E-state index in [4.69, 9.17) is 0 Å². The molecule has 4 heteroatoms. The van der Waals surface area contributed by atoms with Crippen molar-refractivity contribution in [3.63, 3.8) is 0 Å². The first-order chi connectivity index (χ1) is 7.24. The predicted octanol–water partition coefficient (Wildman–Crippen LogP) is 2.01. The fourth-order valence-corrected chi connectivity index (χ4v) is 3.07. The average Bonchev–Trinajstić information content (AvgIpc) is 2.25. The maximum absolute atomic E-state index is 11.2. The zero-order valence-corrected chi connectivity index (χ0v) is 10.9. The second kappa shape index (κ2) is 5.23. The van der Waals surface area contributed by atoms with Gasteiger partial charge in [-0.3, -0.25) is 9.11 Å². The monoisotopic (exact) mass is 287 g/mol. The summed E-state index contributed by atoms with van der Waals surface area (Å²) in [6, 6.07) is 8.40. The molecule has 2 rings (SSSR count). The van der Waals surface area contributed by atoms with E-state index >= 15 is 0 Å². The zero-order chi connectivity index (χ0) is 10.7. The molecule has 1 fully saturated rings. The first-order valence-electron chi connectivity index (χ1n) is 5.06. The van der Waals surface area contributed by atoms with Crippen LogP contribution in [-0.2, 0) is 17.3 Å². The van der Waals surface area contributed by atoms with E-state index in [1.807, 2.05) is 0 Å². The van der Waals surface area contributed by atoms with Crippen LogP contribution < -0.4 is 0 Å². The molecule has 0 radical (unpaired) electrons. The number of hydrogen-bond donors (Lipinski definition) is 0. The van der Waals surface area contributed by atoms with Crippen LogP contribution in [0, 0.1) is 0 Å². The number of rotatable bonds is 2. The van der Waals surface area contributed by atoms with Crippen molar-refractivity contribution >= 4 is 26.7 Å². The van der Waals surface area contributed by atoms with Gasteiger partial charge in [0.15, 0.2) is 0 Å². The topological polar surface area (TPSA) is 20.3 Å². The smallest absolute Gasteiger partial charge is 0.0363 e. The molecule has 1 saturated heterocycles. The van der Waals surface area contributed by atoms with Gasteiger partial charge in [-0.25, -0.2) is 0 Å². The molecule has 2 nitrogen and oxygen atoms in total. The van der Waals surface area contributed by atoms with Gasteiger partial charge in [-0.1, -0.05) is 28.1 Å². The lowest BCUT2D eigenvalue weighted by Crippen LogP contribution is -2.37. The summed E-state index contributed by atoms with van der Waals surface area (Å²) in [6.07, 6.45) is 0. The standard InChI is InChI=1S/C11H14BrNOS/c12-11-3-1-10(2-4-11)9-13-5-7-15(14)8-6-13/h1-4H,5-9H2. The molecule has 1 heterocycles. The normalized spacial score (nSPS) is 19.3. The molecule has 0 atom stereocenters. The van der Waals surface area contributed by atoms with Crippen molar-refractivity contribution in [2.75, 3.05) is 24.6 Å². The quantitative estimate of drug-likeness (QED) is 0.830. The minimum absolute atomic E-state index is 0.572. The van der Waals surface area contributed by atoms with E-state index in [0.29, 0.717) is 0 Å². The van der Waals surface area contributed by atoms with Gasteiger partial charge in [-0.05, 0) is 17.7 Å². The first kappa shape index (κ1) is 11.3. The first-order valence-corrected chi connectivity index (χ1v) is 7.34. The molecule has 0 spiro atoms. The van der Waals surface area contributed by atoms with Crippen LogP contribution in [0.3, 0.4) is 0 Å². The van der Waals surface area contributed by atoms with E-state index in [1.54, 1.807) is 0 Å². The van der Waals surface area contributed by atoms with Crippen molar-refractivity contribution in [1.29, 1.82) is 0 Å². The van der Waals surface area contributed by atoms with Crippen LogP contribution >= 0.6 is 15.9 Å². The van der Waals surface area contributed by atoms with E-state index in [2.05, 4.69) is 45.1 Å². The lowest BCUT2D eigenvalue weighted by atomic mass is 10.2.